The van der Waals surface area contributed by atoms with Gasteiger partial charge in [0.1, 0.15) is 5.82 Å². The molecule has 1 aromatic heterocycles. The Morgan fingerprint density at radius 2 is 1.94 bits per heavy atom. The summed E-state index contributed by atoms with van der Waals surface area (Å²) in [6.45, 7) is 0.423. The second-order valence-electron chi connectivity index (χ2n) is 3.67. The van der Waals surface area contributed by atoms with E-state index in [0.29, 0.717) is 17.7 Å². The fraction of sp³-hybridized carbons (Fsp3) is 0.0769. The molecule has 0 bridgehead atoms. The standard InChI is InChI=1S/C13H9FN2O/c14-12-6-10(8-15)5-11(7-12)9-16-3-1-13(17)2-4-16/h1-7H,9H2. The van der Waals surface area contributed by atoms with Crippen LogP contribution in [0.15, 0.2) is 47.5 Å². The predicted molar refractivity (Wildman–Crippen MR) is 60.9 cm³/mol. The van der Waals surface area contributed by atoms with Gasteiger partial charge in [0.15, 0.2) is 5.43 Å². The normalized spacial score (nSPS) is 9.88. The molecule has 17 heavy (non-hydrogen) atoms. The van der Waals surface area contributed by atoms with Crippen molar-refractivity contribution in [1.82, 2.24) is 4.57 Å². The molecule has 0 fully saturated rings. The summed E-state index contributed by atoms with van der Waals surface area (Å²) in [4.78, 5) is 10.9. The van der Waals surface area contributed by atoms with Gasteiger partial charge in [0.2, 0.25) is 0 Å². The number of nitrogens with zero attached hydrogens (tertiary/aromatic N) is 2. The first-order chi connectivity index (χ1) is 8.17. The van der Waals surface area contributed by atoms with E-state index in [1.165, 1.54) is 24.3 Å². The highest BCUT2D eigenvalue weighted by molar-refractivity contribution is 5.33. The summed E-state index contributed by atoms with van der Waals surface area (Å²) in [7, 11) is 0. The van der Waals surface area contributed by atoms with Crippen LogP contribution in [-0.2, 0) is 6.54 Å². The molecule has 0 aliphatic heterocycles. The molecule has 3 nitrogen and oxygen atoms in total. The molecule has 1 aromatic carbocycles. The van der Waals surface area contributed by atoms with Gasteiger partial charge in [-0.05, 0) is 23.8 Å². The summed E-state index contributed by atoms with van der Waals surface area (Å²) in [5, 5.41) is 8.72. The molecule has 0 saturated carbocycles. The molecule has 0 radical (unpaired) electrons. The Bertz CT molecular complexity index is 620. The lowest BCUT2D eigenvalue weighted by molar-refractivity contribution is 0.623. The summed E-state index contributed by atoms with van der Waals surface area (Å²) >= 11 is 0. The first kappa shape index (κ1) is 11.1. The summed E-state index contributed by atoms with van der Waals surface area (Å²) in [5.41, 5.74) is 0.907. The van der Waals surface area contributed by atoms with Crippen molar-refractivity contribution in [3.05, 3.63) is 69.9 Å². The Kier molecular flexibility index (Phi) is 3.01. The van der Waals surface area contributed by atoms with Crippen molar-refractivity contribution in [1.29, 1.82) is 5.26 Å². The molecule has 2 rings (SSSR count). The Labute approximate surface area is 97.4 Å². The molecule has 2 aromatic rings. The number of aromatic nitrogens is 1. The maximum atomic E-state index is 13.2. The Balaban J connectivity index is 2.30. The zero-order chi connectivity index (χ0) is 12.3. The van der Waals surface area contributed by atoms with Gasteiger partial charge in [0.25, 0.3) is 0 Å². The van der Waals surface area contributed by atoms with Crippen molar-refractivity contribution in [3.63, 3.8) is 0 Å². The maximum Gasteiger partial charge on any atom is 0.181 e. The fourth-order valence-corrected chi connectivity index (χ4v) is 1.57. The van der Waals surface area contributed by atoms with Crippen LogP contribution in [0.2, 0.25) is 0 Å². The van der Waals surface area contributed by atoms with E-state index in [1.54, 1.807) is 23.0 Å². The highest BCUT2D eigenvalue weighted by Crippen LogP contribution is 2.09. The van der Waals surface area contributed by atoms with Gasteiger partial charge in [-0.1, -0.05) is 0 Å². The number of hydrogen-bond donors (Lipinski definition) is 0. The van der Waals surface area contributed by atoms with Crippen molar-refractivity contribution in [2.75, 3.05) is 0 Å². The second-order valence-corrected chi connectivity index (χ2v) is 3.67. The van der Waals surface area contributed by atoms with E-state index < -0.39 is 5.82 Å². The SMILES string of the molecule is N#Cc1cc(F)cc(Cn2ccc(=O)cc2)c1. The molecule has 0 spiro atoms. The minimum atomic E-state index is -0.430. The topological polar surface area (TPSA) is 45.8 Å². The quantitative estimate of drug-likeness (QED) is 0.788. The van der Waals surface area contributed by atoms with Gasteiger partial charge in [-0.2, -0.15) is 5.26 Å². The molecular formula is C13H9FN2O. The van der Waals surface area contributed by atoms with Crippen molar-refractivity contribution in [2.24, 2.45) is 0 Å². The molecule has 0 aliphatic carbocycles. The highest BCUT2D eigenvalue weighted by Gasteiger charge is 2.00. The monoisotopic (exact) mass is 228 g/mol. The van der Waals surface area contributed by atoms with Crippen LogP contribution in [0.1, 0.15) is 11.1 Å². The number of benzene rings is 1. The van der Waals surface area contributed by atoms with Crippen molar-refractivity contribution >= 4 is 0 Å². The van der Waals surface area contributed by atoms with Crippen LogP contribution in [0.3, 0.4) is 0 Å². The number of rotatable bonds is 2. The minimum Gasteiger partial charge on any atom is -0.350 e. The summed E-state index contributed by atoms with van der Waals surface area (Å²) in [6.07, 6.45) is 3.25. The summed E-state index contributed by atoms with van der Waals surface area (Å²) in [6, 6.07) is 8.96. The molecule has 0 aliphatic rings. The van der Waals surface area contributed by atoms with E-state index in [1.807, 2.05) is 6.07 Å². The van der Waals surface area contributed by atoms with E-state index in [4.69, 9.17) is 5.26 Å². The van der Waals surface area contributed by atoms with Gasteiger partial charge < -0.3 is 4.57 Å². The highest BCUT2D eigenvalue weighted by atomic mass is 19.1. The van der Waals surface area contributed by atoms with E-state index in [9.17, 15) is 9.18 Å². The molecule has 0 atom stereocenters. The van der Waals surface area contributed by atoms with Crippen LogP contribution < -0.4 is 5.43 Å². The molecule has 4 heteroatoms. The molecule has 0 unspecified atom stereocenters. The number of halogens is 1. The lowest BCUT2D eigenvalue weighted by atomic mass is 10.1. The van der Waals surface area contributed by atoms with E-state index >= 15 is 0 Å². The molecule has 0 saturated heterocycles. The van der Waals surface area contributed by atoms with Gasteiger partial charge in [-0.15, -0.1) is 0 Å². The third kappa shape index (κ3) is 2.79. The predicted octanol–water partition coefficient (Wildman–Crippen LogP) is 1.91. The third-order valence-electron chi connectivity index (χ3n) is 2.31. The first-order valence-electron chi connectivity index (χ1n) is 5.03. The Morgan fingerprint density at radius 1 is 1.24 bits per heavy atom. The van der Waals surface area contributed by atoms with Crippen molar-refractivity contribution in [3.8, 4) is 6.07 Å². The number of nitriles is 1. The Morgan fingerprint density at radius 3 is 2.59 bits per heavy atom. The van der Waals surface area contributed by atoms with Gasteiger partial charge in [-0.3, -0.25) is 4.79 Å². The molecule has 1 heterocycles. The molecular weight excluding hydrogens is 219 g/mol. The zero-order valence-corrected chi connectivity index (χ0v) is 8.93. The largest absolute Gasteiger partial charge is 0.350 e. The lowest BCUT2D eigenvalue weighted by Gasteiger charge is -2.06. The van der Waals surface area contributed by atoms with E-state index in [-0.39, 0.29) is 5.43 Å². The third-order valence-corrected chi connectivity index (χ3v) is 2.31. The first-order valence-corrected chi connectivity index (χ1v) is 5.03. The van der Waals surface area contributed by atoms with Crippen molar-refractivity contribution < 1.29 is 4.39 Å². The summed E-state index contributed by atoms with van der Waals surface area (Å²) in [5.74, 6) is -0.430. The van der Waals surface area contributed by atoms with Gasteiger partial charge in [-0.25, -0.2) is 4.39 Å². The van der Waals surface area contributed by atoms with E-state index in [2.05, 4.69) is 0 Å². The van der Waals surface area contributed by atoms with Gasteiger partial charge >= 0.3 is 0 Å². The summed E-state index contributed by atoms with van der Waals surface area (Å²) < 4.78 is 14.9. The van der Waals surface area contributed by atoms with Crippen LogP contribution in [0.25, 0.3) is 0 Å². The Hall–Kier alpha value is -2.41. The van der Waals surface area contributed by atoms with Crippen LogP contribution in [0.5, 0.6) is 0 Å². The fourth-order valence-electron chi connectivity index (χ4n) is 1.57. The number of pyridine rings is 1. The average Bonchev–Trinajstić information content (AvgIpc) is 2.31. The van der Waals surface area contributed by atoms with Crippen molar-refractivity contribution in [2.45, 2.75) is 6.54 Å². The molecule has 0 N–H and O–H groups in total. The minimum absolute atomic E-state index is 0.0711. The second kappa shape index (κ2) is 4.62. The van der Waals surface area contributed by atoms with Crippen LogP contribution in [0, 0.1) is 17.1 Å². The lowest BCUT2D eigenvalue weighted by Crippen LogP contribution is -2.05. The van der Waals surface area contributed by atoms with Crippen LogP contribution >= 0.6 is 0 Å². The van der Waals surface area contributed by atoms with Crippen LogP contribution in [0.4, 0.5) is 4.39 Å². The zero-order valence-electron chi connectivity index (χ0n) is 8.93. The maximum absolute atomic E-state index is 13.2. The number of hydrogen-bond acceptors (Lipinski definition) is 2. The van der Waals surface area contributed by atoms with Gasteiger partial charge in [0, 0.05) is 31.1 Å². The molecule has 0 amide bonds. The molecule has 84 valence electrons. The van der Waals surface area contributed by atoms with Gasteiger partial charge in [0.05, 0.1) is 11.6 Å². The average molecular weight is 228 g/mol. The van der Waals surface area contributed by atoms with Crippen LogP contribution in [-0.4, -0.2) is 4.57 Å². The van der Waals surface area contributed by atoms with E-state index in [0.717, 1.165) is 0 Å². The smallest absolute Gasteiger partial charge is 0.181 e.